The molecule has 2 aliphatic rings. The topological polar surface area (TPSA) is 56.8 Å². The zero-order valence-electron chi connectivity index (χ0n) is 14.4. The number of likely N-dealkylation sites (tertiary alicyclic amines) is 1. The van der Waals surface area contributed by atoms with Crippen LogP contribution in [-0.4, -0.2) is 84.2 Å². The first kappa shape index (κ1) is 17.0. The van der Waals surface area contributed by atoms with E-state index in [2.05, 4.69) is 21.8 Å². The predicted octanol–water partition coefficient (Wildman–Crippen LogP) is 0.750. The van der Waals surface area contributed by atoms with Crippen LogP contribution in [0.4, 0.5) is 0 Å². The first-order valence-corrected chi connectivity index (χ1v) is 8.77. The van der Waals surface area contributed by atoms with Gasteiger partial charge in [0.05, 0.1) is 6.54 Å². The Morgan fingerprint density at radius 3 is 2.67 bits per heavy atom. The fraction of sp³-hybridized carbons (Fsp3) is 0.611. The lowest BCUT2D eigenvalue weighted by Crippen LogP contribution is -2.51. The van der Waals surface area contributed by atoms with E-state index >= 15 is 0 Å². The molecule has 0 saturated carbocycles. The van der Waals surface area contributed by atoms with E-state index in [-0.39, 0.29) is 17.6 Å². The molecule has 0 aliphatic carbocycles. The first-order chi connectivity index (χ1) is 11.6. The molecule has 1 aromatic rings. The van der Waals surface area contributed by atoms with Gasteiger partial charge in [0.15, 0.2) is 5.78 Å². The zero-order valence-corrected chi connectivity index (χ0v) is 14.4. The van der Waals surface area contributed by atoms with Crippen molar-refractivity contribution in [3.8, 4) is 0 Å². The maximum absolute atomic E-state index is 12.6. The summed E-state index contributed by atoms with van der Waals surface area (Å²) in [5.41, 5.74) is 0.537. The lowest BCUT2D eigenvalue weighted by molar-refractivity contribution is -0.134. The summed E-state index contributed by atoms with van der Waals surface area (Å²) in [6.07, 6.45) is 3.50. The van der Waals surface area contributed by atoms with Crippen molar-refractivity contribution < 1.29 is 9.59 Å². The number of hydrogen-bond acceptors (Lipinski definition) is 5. The Hall–Kier alpha value is -1.79. The van der Waals surface area contributed by atoms with Crippen LogP contribution in [0.25, 0.3) is 0 Å². The molecule has 1 atom stereocenters. The molecule has 0 unspecified atom stereocenters. The van der Waals surface area contributed by atoms with Crippen molar-refractivity contribution in [3.63, 3.8) is 0 Å². The zero-order chi connectivity index (χ0) is 16.9. The second-order valence-corrected chi connectivity index (χ2v) is 6.84. The molecule has 24 heavy (non-hydrogen) atoms. The van der Waals surface area contributed by atoms with Crippen molar-refractivity contribution in [2.24, 2.45) is 5.92 Å². The van der Waals surface area contributed by atoms with Crippen molar-refractivity contribution >= 4 is 11.7 Å². The van der Waals surface area contributed by atoms with E-state index < -0.39 is 0 Å². The van der Waals surface area contributed by atoms with Gasteiger partial charge in [0.2, 0.25) is 5.91 Å². The highest BCUT2D eigenvalue weighted by Crippen LogP contribution is 2.20. The molecule has 2 saturated heterocycles. The molecule has 0 spiro atoms. The lowest BCUT2D eigenvalue weighted by atomic mass is 9.92. The summed E-state index contributed by atoms with van der Waals surface area (Å²) in [6, 6.07) is 5.44. The van der Waals surface area contributed by atoms with Gasteiger partial charge in [-0.15, -0.1) is 0 Å². The fourth-order valence-corrected chi connectivity index (χ4v) is 3.48. The van der Waals surface area contributed by atoms with E-state index in [1.54, 1.807) is 12.3 Å². The highest BCUT2D eigenvalue weighted by atomic mass is 16.2. The molecule has 0 radical (unpaired) electrons. The van der Waals surface area contributed by atoms with Crippen LogP contribution in [0.3, 0.4) is 0 Å². The van der Waals surface area contributed by atoms with Gasteiger partial charge in [-0.3, -0.25) is 19.5 Å². The highest BCUT2D eigenvalue weighted by Gasteiger charge is 2.29. The third-order valence-corrected chi connectivity index (χ3v) is 5.01. The van der Waals surface area contributed by atoms with Crippen LogP contribution >= 0.6 is 0 Å². The number of piperidine rings is 1. The molecule has 1 amide bonds. The number of aromatic nitrogens is 1. The van der Waals surface area contributed by atoms with Gasteiger partial charge in [-0.05, 0) is 38.6 Å². The summed E-state index contributed by atoms with van der Waals surface area (Å²) in [5, 5.41) is 0. The van der Waals surface area contributed by atoms with Crippen LogP contribution in [0, 0.1) is 5.92 Å². The van der Waals surface area contributed by atoms with Gasteiger partial charge in [-0.1, -0.05) is 6.07 Å². The number of carbonyl (C=O) groups excluding carboxylic acids is 2. The van der Waals surface area contributed by atoms with Crippen LogP contribution in [0.1, 0.15) is 23.3 Å². The number of hydrogen-bond donors (Lipinski definition) is 0. The number of nitrogens with zero attached hydrogens (tertiary/aromatic N) is 4. The molecule has 6 nitrogen and oxygen atoms in total. The number of carbonyl (C=O) groups is 2. The Labute approximate surface area is 143 Å². The SMILES string of the molecule is CN1CCN(C(=O)CN2CCC[C@H](C(=O)c3ccccn3)C2)CC1. The maximum Gasteiger partial charge on any atom is 0.236 e. The Bertz CT molecular complexity index is 570. The monoisotopic (exact) mass is 330 g/mol. The van der Waals surface area contributed by atoms with Crippen molar-refractivity contribution in [2.45, 2.75) is 12.8 Å². The van der Waals surface area contributed by atoms with Crippen molar-refractivity contribution in [1.29, 1.82) is 0 Å². The third kappa shape index (κ3) is 4.19. The number of amides is 1. The van der Waals surface area contributed by atoms with Gasteiger partial charge < -0.3 is 9.80 Å². The van der Waals surface area contributed by atoms with Gasteiger partial charge in [0, 0.05) is 44.8 Å². The summed E-state index contributed by atoms with van der Waals surface area (Å²) in [4.78, 5) is 35.6. The molecule has 3 heterocycles. The summed E-state index contributed by atoms with van der Waals surface area (Å²) < 4.78 is 0. The van der Waals surface area contributed by atoms with Crippen LogP contribution in [-0.2, 0) is 4.79 Å². The van der Waals surface area contributed by atoms with Crippen LogP contribution in [0.2, 0.25) is 0 Å². The number of pyridine rings is 1. The van der Waals surface area contributed by atoms with Crippen molar-refractivity contribution in [1.82, 2.24) is 19.7 Å². The second kappa shape index (κ2) is 7.85. The van der Waals surface area contributed by atoms with Crippen molar-refractivity contribution in [3.05, 3.63) is 30.1 Å². The van der Waals surface area contributed by atoms with Crippen molar-refractivity contribution in [2.75, 3.05) is 52.9 Å². The molecule has 6 heteroatoms. The number of rotatable bonds is 4. The van der Waals surface area contributed by atoms with E-state index in [1.165, 1.54) is 0 Å². The van der Waals surface area contributed by atoms with Gasteiger partial charge in [-0.2, -0.15) is 0 Å². The maximum atomic E-state index is 12.6. The number of Topliss-reactive ketones (excluding diaryl/α,β-unsaturated/α-hetero) is 1. The molecule has 1 aromatic heterocycles. The third-order valence-electron chi connectivity index (χ3n) is 5.01. The summed E-state index contributed by atoms with van der Waals surface area (Å²) in [5.74, 6) is 0.246. The predicted molar refractivity (Wildman–Crippen MR) is 91.8 cm³/mol. The minimum absolute atomic E-state index is 0.0473. The molecular formula is C18H26N4O2. The average molecular weight is 330 g/mol. The molecule has 0 N–H and O–H groups in total. The average Bonchev–Trinajstić information content (AvgIpc) is 2.62. The number of likely N-dealkylation sites (N-methyl/N-ethyl adjacent to an activating group) is 1. The van der Waals surface area contributed by atoms with E-state index in [0.29, 0.717) is 18.8 Å². The number of piperazine rings is 1. The largest absolute Gasteiger partial charge is 0.339 e. The lowest BCUT2D eigenvalue weighted by Gasteiger charge is -2.36. The number of ketones is 1. The fourth-order valence-electron chi connectivity index (χ4n) is 3.48. The van der Waals surface area contributed by atoms with E-state index in [4.69, 9.17) is 0 Å². The van der Waals surface area contributed by atoms with Gasteiger partial charge in [0.25, 0.3) is 0 Å². The smallest absolute Gasteiger partial charge is 0.236 e. The Kier molecular flexibility index (Phi) is 5.58. The summed E-state index contributed by atoms with van der Waals surface area (Å²) in [7, 11) is 2.08. The normalized spacial score (nSPS) is 23.2. The van der Waals surface area contributed by atoms with Crippen LogP contribution in [0.15, 0.2) is 24.4 Å². The first-order valence-electron chi connectivity index (χ1n) is 8.77. The molecule has 3 rings (SSSR count). The standard InChI is InChI=1S/C18H26N4O2/c1-20-9-11-22(12-10-20)17(23)14-21-8-4-5-15(13-21)18(24)16-6-2-3-7-19-16/h2-3,6-7,15H,4-5,8-14H2,1H3/t15-/m0/s1. The van der Waals surface area contributed by atoms with Gasteiger partial charge in [0.1, 0.15) is 5.69 Å². The second-order valence-electron chi connectivity index (χ2n) is 6.84. The summed E-state index contributed by atoms with van der Waals surface area (Å²) in [6.45, 7) is 5.47. The summed E-state index contributed by atoms with van der Waals surface area (Å²) >= 11 is 0. The molecule has 2 aliphatic heterocycles. The van der Waals surface area contributed by atoms with Gasteiger partial charge >= 0.3 is 0 Å². The quantitative estimate of drug-likeness (QED) is 0.763. The molecule has 130 valence electrons. The van der Waals surface area contributed by atoms with Crippen LogP contribution in [0.5, 0.6) is 0 Å². The van der Waals surface area contributed by atoms with Crippen LogP contribution < -0.4 is 0 Å². The highest BCUT2D eigenvalue weighted by molar-refractivity contribution is 5.96. The van der Waals surface area contributed by atoms with E-state index in [0.717, 1.165) is 45.6 Å². The molecule has 2 fully saturated rings. The van der Waals surface area contributed by atoms with E-state index in [1.807, 2.05) is 17.0 Å². The Balaban J connectivity index is 1.54. The Morgan fingerprint density at radius 2 is 1.96 bits per heavy atom. The minimum Gasteiger partial charge on any atom is -0.339 e. The van der Waals surface area contributed by atoms with E-state index in [9.17, 15) is 9.59 Å². The molecule has 0 bridgehead atoms. The molecular weight excluding hydrogens is 304 g/mol. The minimum atomic E-state index is -0.0473. The van der Waals surface area contributed by atoms with Gasteiger partial charge in [-0.25, -0.2) is 0 Å². The Morgan fingerprint density at radius 1 is 1.17 bits per heavy atom. The molecule has 0 aromatic carbocycles.